The van der Waals surface area contributed by atoms with Crippen molar-refractivity contribution in [3.8, 4) is 0 Å². The van der Waals surface area contributed by atoms with Gasteiger partial charge in [0.05, 0.1) is 25.8 Å². The first-order valence-electron chi connectivity index (χ1n) is 11.0. The van der Waals surface area contributed by atoms with E-state index >= 15 is 0 Å². The van der Waals surface area contributed by atoms with Crippen LogP contribution in [0.2, 0.25) is 0 Å². The number of hydrogen-bond acceptors (Lipinski definition) is 14. The highest BCUT2D eigenvalue weighted by Crippen LogP contribution is 2.29. The molecule has 2 aliphatic heterocycles. The number of nitrogens with two attached hydrogens (primary N) is 1. The Labute approximate surface area is 196 Å². The van der Waals surface area contributed by atoms with E-state index in [1.54, 1.807) is 0 Å². The van der Waals surface area contributed by atoms with E-state index in [2.05, 4.69) is 10.6 Å². The number of rotatable bonds is 12. The summed E-state index contributed by atoms with van der Waals surface area (Å²) in [6.07, 6.45) is -12.0. The van der Waals surface area contributed by atoms with E-state index in [-0.39, 0.29) is 37.7 Å². The standard InChI is InChI=1S/C18H37N5O11/c1-9-12(25)13(26)17(11(8-24)32-9)34-18-15(28)14(27)16(31-2)10(33-18)7-20-4-6-22(5-3-19)23(30)21-29/h9-18,20,24-29H,3-8,19H2,1-2H3/p-1/b23-21-/t9-,10-,11-,12+,13-,14-,15-,16?,17?,18-/m1/s1. The van der Waals surface area contributed by atoms with E-state index in [0.29, 0.717) is 0 Å². The van der Waals surface area contributed by atoms with Crippen LogP contribution in [0.1, 0.15) is 6.92 Å². The molecule has 16 heteroatoms. The first-order valence-corrected chi connectivity index (χ1v) is 11.0. The van der Waals surface area contributed by atoms with E-state index < -0.39 is 67.8 Å². The number of nitrogens with one attached hydrogen (secondary N) is 1. The van der Waals surface area contributed by atoms with Crippen LogP contribution >= 0.6 is 0 Å². The summed E-state index contributed by atoms with van der Waals surface area (Å²) in [6.45, 7) is 1.64. The molecule has 0 saturated carbocycles. The minimum atomic E-state index is -1.57. The van der Waals surface area contributed by atoms with Crippen molar-refractivity contribution in [3.63, 3.8) is 0 Å². The first kappa shape index (κ1) is 28.8. The average Bonchev–Trinajstić information content (AvgIpc) is 2.83. The molecule has 2 fully saturated rings. The average molecular weight is 499 g/mol. The first-order chi connectivity index (χ1) is 16.2. The van der Waals surface area contributed by atoms with Crippen molar-refractivity contribution in [1.29, 1.82) is 0 Å². The normalized spacial score (nSPS) is 39.2. The lowest BCUT2D eigenvalue weighted by Crippen LogP contribution is -2.65. The van der Waals surface area contributed by atoms with Crippen LogP contribution in [0.15, 0.2) is 5.28 Å². The van der Waals surface area contributed by atoms with Gasteiger partial charge in [0.15, 0.2) is 6.29 Å². The maximum atomic E-state index is 11.4. The molecule has 0 bridgehead atoms. The third kappa shape index (κ3) is 6.82. The Balaban J connectivity index is 2.02. The topological polar surface area (TPSA) is 241 Å². The highest BCUT2D eigenvalue weighted by atomic mass is 16.7. The number of methoxy groups -OCH3 is 1. The summed E-state index contributed by atoms with van der Waals surface area (Å²) in [4.78, 5) is -0.0992. The molecule has 16 nitrogen and oxygen atoms in total. The van der Waals surface area contributed by atoms with Crippen molar-refractivity contribution < 1.29 is 49.4 Å². The fourth-order valence-electron chi connectivity index (χ4n) is 4.01. The summed E-state index contributed by atoms with van der Waals surface area (Å²) in [5, 5.41) is 79.4. The third-order valence-corrected chi connectivity index (χ3v) is 5.90. The number of ether oxygens (including phenoxy) is 4. The summed E-state index contributed by atoms with van der Waals surface area (Å²) in [6, 6.07) is 0. The highest BCUT2D eigenvalue weighted by molar-refractivity contribution is 4.95. The van der Waals surface area contributed by atoms with Crippen molar-refractivity contribution in [2.24, 2.45) is 11.0 Å². The van der Waals surface area contributed by atoms with Crippen LogP contribution in [0.5, 0.6) is 0 Å². The van der Waals surface area contributed by atoms with Gasteiger partial charge in [0.25, 0.3) is 0 Å². The molecular weight excluding hydrogens is 462 g/mol. The van der Waals surface area contributed by atoms with Gasteiger partial charge < -0.3 is 65.9 Å². The van der Waals surface area contributed by atoms with Crippen molar-refractivity contribution >= 4 is 0 Å². The zero-order chi connectivity index (χ0) is 25.4. The molecule has 2 unspecified atom stereocenters. The second-order valence-corrected chi connectivity index (χ2v) is 8.15. The minimum Gasteiger partial charge on any atom is -0.737 e. The van der Waals surface area contributed by atoms with Gasteiger partial charge in [-0.15, -0.1) is 5.01 Å². The molecule has 2 saturated heterocycles. The molecule has 0 aliphatic carbocycles. The number of hydrazine groups is 1. The van der Waals surface area contributed by atoms with E-state index in [9.17, 15) is 35.9 Å². The molecule has 0 amide bonds. The number of aliphatic hydroxyl groups is 5. The van der Waals surface area contributed by atoms with E-state index in [4.69, 9.17) is 24.7 Å². The van der Waals surface area contributed by atoms with E-state index in [1.165, 1.54) is 14.0 Å². The van der Waals surface area contributed by atoms with Crippen molar-refractivity contribution in [2.75, 3.05) is 46.4 Å². The van der Waals surface area contributed by atoms with Crippen LogP contribution in [-0.4, -0.2) is 143 Å². The zero-order valence-corrected chi connectivity index (χ0v) is 19.1. The van der Waals surface area contributed by atoms with Gasteiger partial charge in [0.2, 0.25) is 0 Å². The smallest absolute Gasteiger partial charge is 0.187 e. The molecule has 2 rings (SSSR count). The maximum Gasteiger partial charge on any atom is 0.187 e. The Morgan fingerprint density at radius 1 is 1.06 bits per heavy atom. The minimum absolute atomic E-state index is 0.0821. The van der Waals surface area contributed by atoms with Gasteiger partial charge in [-0.25, -0.2) is 0 Å². The molecule has 0 radical (unpaired) electrons. The van der Waals surface area contributed by atoms with Gasteiger partial charge in [-0.05, 0) is 12.2 Å². The SMILES string of the molecule is COC1[C@@H](CNCCN(CCN)/[N+]([O-])=N/[O-])O[C@H](OC2[C@@H](CO)O[C@H](C)[C@H](O)[C@H]2O)[C@H](O)[C@H]1O. The number of aliphatic hydroxyl groups excluding tert-OH is 5. The van der Waals surface area contributed by atoms with Crippen LogP contribution in [0, 0.1) is 10.4 Å². The Hall–Kier alpha value is -1.44. The summed E-state index contributed by atoms with van der Waals surface area (Å²) in [5.41, 5.74) is 5.41. The Morgan fingerprint density at radius 3 is 2.32 bits per heavy atom. The predicted octanol–water partition coefficient (Wildman–Crippen LogP) is -4.44. The molecule has 0 aromatic carbocycles. The highest BCUT2D eigenvalue weighted by Gasteiger charge is 2.50. The molecular formula is C18H36N5O11-. The van der Waals surface area contributed by atoms with Crippen LogP contribution in [-0.2, 0) is 18.9 Å². The van der Waals surface area contributed by atoms with Crippen molar-refractivity contribution in [1.82, 2.24) is 10.3 Å². The van der Waals surface area contributed by atoms with Crippen molar-refractivity contribution in [3.05, 3.63) is 10.4 Å². The lowest BCUT2D eigenvalue weighted by atomic mass is 9.95. The molecule has 0 aromatic heterocycles. The number of hydrogen-bond donors (Lipinski definition) is 7. The fraction of sp³-hybridized carbons (Fsp3) is 1.00. The van der Waals surface area contributed by atoms with Gasteiger partial charge >= 0.3 is 0 Å². The van der Waals surface area contributed by atoms with Gasteiger partial charge in [-0.2, -0.15) is 0 Å². The Bertz CT molecular complexity index is 633. The van der Waals surface area contributed by atoms with E-state index in [1.807, 2.05) is 0 Å². The van der Waals surface area contributed by atoms with Gasteiger partial charge in [0, 0.05) is 31.7 Å². The lowest BCUT2D eigenvalue weighted by Gasteiger charge is -2.46. The van der Waals surface area contributed by atoms with Gasteiger partial charge in [-0.1, -0.05) is 0 Å². The lowest BCUT2D eigenvalue weighted by molar-refractivity contribution is -0.689. The zero-order valence-electron chi connectivity index (χ0n) is 19.1. The number of nitrogens with zero attached hydrogens (tertiary/aromatic N) is 3. The van der Waals surface area contributed by atoms with Gasteiger partial charge in [0.1, 0.15) is 48.8 Å². The fourth-order valence-corrected chi connectivity index (χ4v) is 4.01. The molecule has 0 spiro atoms. The summed E-state index contributed by atoms with van der Waals surface area (Å²) >= 11 is 0. The molecule has 200 valence electrons. The molecule has 2 aliphatic rings. The monoisotopic (exact) mass is 498 g/mol. The van der Waals surface area contributed by atoms with Gasteiger partial charge in [-0.3, -0.25) is 0 Å². The molecule has 10 atom stereocenters. The predicted molar refractivity (Wildman–Crippen MR) is 113 cm³/mol. The van der Waals surface area contributed by atoms with Crippen LogP contribution in [0.25, 0.3) is 0 Å². The summed E-state index contributed by atoms with van der Waals surface area (Å²) in [7, 11) is 1.32. The van der Waals surface area contributed by atoms with E-state index in [0.717, 1.165) is 5.01 Å². The second-order valence-electron chi connectivity index (χ2n) is 8.15. The second kappa shape index (κ2) is 13.6. The van der Waals surface area contributed by atoms with Crippen LogP contribution in [0.3, 0.4) is 0 Å². The van der Waals surface area contributed by atoms with Crippen LogP contribution in [0.4, 0.5) is 0 Å². The quantitative estimate of drug-likeness (QED) is 0.0581. The molecule has 0 aromatic rings. The Morgan fingerprint density at radius 2 is 1.74 bits per heavy atom. The summed E-state index contributed by atoms with van der Waals surface area (Å²) in [5.74, 6) is 0. The van der Waals surface area contributed by atoms with Crippen LogP contribution < -0.4 is 11.1 Å². The van der Waals surface area contributed by atoms with Crippen molar-refractivity contribution in [2.45, 2.75) is 68.1 Å². The largest absolute Gasteiger partial charge is 0.737 e. The maximum absolute atomic E-state index is 11.4. The molecule has 2 heterocycles. The molecule has 34 heavy (non-hydrogen) atoms. The third-order valence-electron chi connectivity index (χ3n) is 5.90. The molecule has 8 N–H and O–H groups in total. The Kier molecular flexibility index (Phi) is 11.5. The summed E-state index contributed by atoms with van der Waals surface area (Å²) < 4.78 is 22.2.